The minimum absolute atomic E-state index is 0.0925. The molecule has 1 fully saturated rings. The fourth-order valence-electron chi connectivity index (χ4n) is 3.17. The van der Waals surface area contributed by atoms with Crippen molar-refractivity contribution in [1.29, 1.82) is 0 Å². The molecule has 1 aliphatic carbocycles. The Kier molecular flexibility index (Phi) is 5.09. The number of ether oxygens (including phenoxy) is 1. The van der Waals surface area contributed by atoms with Crippen molar-refractivity contribution in [1.82, 2.24) is 15.5 Å². The van der Waals surface area contributed by atoms with Crippen molar-refractivity contribution in [2.75, 3.05) is 0 Å². The first-order chi connectivity index (χ1) is 13.9. The van der Waals surface area contributed by atoms with E-state index in [0.29, 0.717) is 17.3 Å². The predicted octanol–water partition coefficient (Wildman–Crippen LogP) is 4.51. The van der Waals surface area contributed by atoms with Gasteiger partial charge in [-0.25, -0.2) is 0 Å². The van der Waals surface area contributed by atoms with Gasteiger partial charge in [-0.3, -0.25) is 4.79 Å². The van der Waals surface area contributed by atoms with E-state index in [0.717, 1.165) is 11.3 Å². The van der Waals surface area contributed by atoms with Crippen LogP contribution in [0.3, 0.4) is 0 Å². The Hall–Kier alpha value is -3.15. The third-order valence-corrected chi connectivity index (χ3v) is 5.17. The zero-order chi connectivity index (χ0) is 20.4. The molecule has 1 aliphatic rings. The molecule has 3 aromatic rings. The summed E-state index contributed by atoms with van der Waals surface area (Å²) in [6.07, 6.45) is 2.51. The van der Waals surface area contributed by atoms with Gasteiger partial charge in [0.1, 0.15) is 5.75 Å². The molecule has 1 heterocycles. The van der Waals surface area contributed by atoms with Crippen molar-refractivity contribution in [3.63, 3.8) is 0 Å². The molecule has 6 nitrogen and oxygen atoms in total. The minimum atomic E-state index is -0.198. The topological polar surface area (TPSA) is 77.2 Å². The van der Waals surface area contributed by atoms with E-state index in [-0.39, 0.29) is 24.0 Å². The molecule has 0 bridgehead atoms. The fraction of sp³-hybridized carbons (Fsp3) is 0.348. The summed E-state index contributed by atoms with van der Waals surface area (Å²) in [5.41, 5.74) is 3.03. The lowest BCUT2D eigenvalue weighted by Crippen LogP contribution is -2.23. The lowest BCUT2D eigenvalue weighted by molar-refractivity contribution is 0.0949. The van der Waals surface area contributed by atoms with E-state index in [4.69, 9.17) is 9.26 Å². The number of nitrogens with one attached hydrogen (secondary N) is 1. The average Bonchev–Trinajstić information content (AvgIpc) is 3.29. The van der Waals surface area contributed by atoms with Crippen molar-refractivity contribution in [2.24, 2.45) is 0 Å². The van der Waals surface area contributed by atoms with Crippen LogP contribution in [0.4, 0.5) is 0 Å². The molecule has 0 saturated heterocycles. The standard InChI is InChI=1S/C23H25N3O3/c1-15(2)28-19-9-7-16(8-10-19)21(27)24-14-20-25-22(29-26-20)17-5-4-6-18(13-17)23(3)11-12-23/h4-10,13,15H,11-12,14H2,1-3H3,(H,24,27). The van der Waals surface area contributed by atoms with E-state index < -0.39 is 0 Å². The largest absolute Gasteiger partial charge is 0.491 e. The summed E-state index contributed by atoms with van der Waals surface area (Å²) in [6.45, 7) is 6.39. The van der Waals surface area contributed by atoms with E-state index in [9.17, 15) is 4.79 Å². The van der Waals surface area contributed by atoms with Crippen molar-refractivity contribution in [3.05, 3.63) is 65.5 Å². The van der Waals surface area contributed by atoms with Crippen molar-refractivity contribution in [3.8, 4) is 17.2 Å². The molecule has 0 atom stereocenters. The molecule has 1 saturated carbocycles. The second-order valence-corrected chi connectivity index (χ2v) is 8.03. The highest BCUT2D eigenvalue weighted by atomic mass is 16.5. The molecular weight excluding hydrogens is 366 g/mol. The third kappa shape index (κ3) is 4.47. The van der Waals surface area contributed by atoms with E-state index in [1.807, 2.05) is 26.0 Å². The van der Waals surface area contributed by atoms with E-state index >= 15 is 0 Å². The third-order valence-electron chi connectivity index (χ3n) is 5.17. The molecule has 29 heavy (non-hydrogen) atoms. The summed E-state index contributed by atoms with van der Waals surface area (Å²) in [6, 6.07) is 15.3. The Morgan fingerprint density at radius 2 is 1.97 bits per heavy atom. The summed E-state index contributed by atoms with van der Waals surface area (Å²) >= 11 is 0. The van der Waals surface area contributed by atoms with Gasteiger partial charge in [0.25, 0.3) is 11.8 Å². The minimum Gasteiger partial charge on any atom is -0.491 e. The van der Waals surface area contributed by atoms with Crippen LogP contribution in [0.2, 0.25) is 0 Å². The normalized spacial score (nSPS) is 14.6. The maximum Gasteiger partial charge on any atom is 0.257 e. The van der Waals surface area contributed by atoms with Crippen molar-refractivity contribution >= 4 is 5.91 Å². The quantitative estimate of drug-likeness (QED) is 0.641. The fourth-order valence-corrected chi connectivity index (χ4v) is 3.17. The van der Waals surface area contributed by atoms with Crippen LogP contribution in [0.1, 0.15) is 55.4 Å². The van der Waals surface area contributed by atoms with Gasteiger partial charge in [0, 0.05) is 11.1 Å². The molecule has 6 heteroatoms. The van der Waals surface area contributed by atoms with Gasteiger partial charge in [-0.15, -0.1) is 0 Å². The number of nitrogens with zero attached hydrogens (tertiary/aromatic N) is 2. The molecule has 2 aromatic carbocycles. The number of carbonyl (C=O) groups is 1. The molecule has 0 unspecified atom stereocenters. The number of hydrogen-bond donors (Lipinski definition) is 1. The molecule has 0 spiro atoms. The zero-order valence-corrected chi connectivity index (χ0v) is 16.9. The molecule has 1 N–H and O–H groups in total. The molecule has 4 rings (SSSR count). The number of aromatic nitrogens is 2. The molecule has 1 aromatic heterocycles. The van der Waals surface area contributed by atoms with Crippen molar-refractivity contribution < 1.29 is 14.1 Å². The lowest BCUT2D eigenvalue weighted by atomic mass is 9.96. The van der Waals surface area contributed by atoms with Crippen molar-refractivity contribution in [2.45, 2.75) is 51.7 Å². The second-order valence-electron chi connectivity index (χ2n) is 8.03. The van der Waals surface area contributed by atoms with Gasteiger partial charge in [-0.05, 0) is 74.1 Å². The Bertz CT molecular complexity index is 1000. The maximum atomic E-state index is 12.4. The summed E-state index contributed by atoms with van der Waals surface area (Å²) in [7, 11) is 0. The smallest absolute Gasteiger partial charge is 0.257 e. The molecular formula is C23H25N3O3. The second kappa shape index (κ2) is 7.70. The first kappa shape index (κ1) is 19.2. The van der Waals surface area contributed by atoms with Crippen LogP contribution < -0.4 is 10.1 Å². The number of amides is 1. The first-order valence-corrected chi connectivity index (χ1v) is 9.91. The van der Waals surface area contributed by atoms with Gasteiger partial charge in [0.15, 0.2) is 5.82 Å². The maximum absolute atomic E-state index is 12.4. The van der Waals surface area contributed by atoms with Gasteiger partial charge in [0.2, 0.25) is 0 Å². The summed E-state index contributed by atoms with van der Waals surface area (Å²) < 4.78 is 11.0. The first-order valence-electron chi connectivity index (χ1n) is 9.91. The Balaban J connectivity index is 1.38. The van der Waals surface area contributed by atoms with Crippen LogP contribution in [0.25, 0.3) is 11.5 Å². The van der Waals surface area contributed by atoms with Crippen LogP contribution in [0, 0.1) is 0 Å². The van der Waals surface area contributed by atoms with Crippen LogP contribution in [0.5, 0.6) is 5.75 Å². The lowest BCUT2D eigenvalue weighted by Gasteiger charge is -2.10. The Morgan fingerprint density at radius 1 is 1.21 bits per heavy atom. The van der Waals surface area contributed by atoms with Gasteiger partial charge >= 0.3 is 0 Å². The van der Waals surface area contributed by atoms with Gasteiger partial charge in [0.05, 0.1) is 12.6 Å². The Morgan fingerprint density at radius 3 is 2.66 bits per heavy atom. The zero-order valence-electron chi connectivity index (χ0n) is 16.9. The number of hydrogen-bond acceptors (Lipinski definition) is 5. The van der Waals surface area contributed by atoms with Crippen LogP contribution in [0.15, 0.2) is 53.1 Å². The van der Waals surface area contributed by atoms with E-state index in [1.165, 1.54) is 18.4 Å². The Labute approximate surface area is 170 Å². The van der Waals surface area contributed by atoms with Gasteiger partial charge < -0.3 is 14.6 Å². The summed E-state index contributed by atoms with van der Waals surface area (Å²) in [5, 5.41) is 6.81. The van der Waals surface area contributed by atoms with E-state index in [1.54, 1.807) is 24.3 Å². The van der Waals surface area contributed by atoms with Crippen LogP contribution in [-0.2, 0) is 12.0 Å². The highest BCUT2D eigenvalue weighted by Crippen LogP contribution is 2.48. The summed E-state index contributed by atoms with van der Waals surface area (Å²) in [5.74, 6) is 1.45. The van der Waals surface area contributed by atoms with Crippen LogP contribution >= 0.6 is 0 Å². The van der Waals surface area contributed by atoms with Gasteiger partial charge in [-0.1, -0.05) is 24.2 Å². The molecule has 0 radical (unpaired) electrons. The monoisotopic (exact) mass is 391 g/mol. The molecule has 1 amide bonds. The molecule has 0 aliphatic heterocycles. The SMILES string of the molecule is CC(C)Oc1ccc(C(=O)NCc2noc(-c3cccc(C4(C)CC4)c3)n2)cc1. The van der Waals surface area contributed by atoms with E-state index in [2.05, 4.69) is 34.5 Å². The molecule has 150 valence electrons. The number of rotatable bonds is 7. The predicted molar refractivity (Wildman–Crippen MR) is 110 cm³/mol. The highest BCUT2D eigenvalue weighted by Gasteiger charge is 2.39. The highest BCUT2D eigenvalue weighted by molar-refractivity contribution is 5.94. The van der Waals surface area contributed by atoms with Crippen LogP contribution in [-0.4, -0.2) is 22.2 Å². The average molecular weight is 391 g/mol. The number of benzene rings is 2. The number of carbonyl (C=O) groups excluding carboxylic acids is 1. The van der Waals surface area contributed by atoms with Gasteiger partial charge in [-0.2, -0.15) is 4.98 Å². The summed E-state index contributed by atoms with van der Waals surface area (Å²) in [4.78, 5) is 16.8.